The predicted octanol–water partition coefficient (Wildman–Crippen LogP) is 8.34. The van der Waals surface area contributed by atoms with Crippen LogP contribution in [0.3, 0.4) is 0 Å². The van der Waals surface area contributed by atoms with Crippen molar-refractivity contribution in [2.24, 2.45) is 45.8 Å². The van der Waals surface area contributed by atoms with Crippen molar-refractivity contribution in [2.45, 2.75) is 119 Å². The van der Waals surface area contributed by atoms with E-state index in [9.17, 15) is 5.11 Å². The van der Waals surface area contributed by atoms with E-state index in [-0.39, 0.29) is 11.5 Å². The predicted molar refractivity (Wildman–Crippen MR) is 133 cm³/mol. The topological polar surface area (TPSA) is 20.2 Å². The van der Waals surface area contributed by atoms with Crippen LogP contribution in [-0.4, -0.2) is 11.2 Å². The van der Waals surface area contributed by atoms with E-state index in [1.807, 2.05) is 5.57 Å². The molecule has 4 aliphatic rings. The summed E-state index contributed by atoms with van der Waals surface area (Å²) in [7, 11) is 0. The Kier molecular flexibility index (Phi) is 6.11. The van der Waals surface area contributed by atoms with Gasteiger partial charge in [-0.1, -0.05) is 64.3 Å². The van der Waals surface area contributed by atoms with E-state index in [0.29, 0.717) is 22.7 Å². The van der Waals surface area contributed by atoms with Gasteiger partial charge in [-0.3, -0.25) is 0 Å². The van der Waals surface area contributed by atoms with Crippen molar-refractivity contribution in [3.63, 3.8) is 0 Å². The molecule has 0 aliphatic heterocycles. The minimum absolute atomic E-state index is 0.0222. The van der Waals surface area contributed by atoms with Crippen molar-refractivity contribution in [3.8, 4) is 0 Å². The van der Waals surface area contributed by atoms with Crippen LogP contribution in [0.15, 0.2) is 22.8 Å². The molecule has 0 radical (unpaired) electrons. The molecule has 0 aromatic rings. The van der Waals surface area contributed by atoms with E-state index in [1.165, 1.54) is 44.9 Å². The summed E-state index contributed by atoms with van der Waals surface area (Å²) >= 11 is 0. The summed E-state index contributed by atoms with van der Waals surface area (Å²) in [5.41, 5.74) is 6.09. The molecule has 31 heavy (non-hydrogen) atoms. The van der Waals surface area contributed by atoms with Gasteiger partial charge < -0.3 is 5.11 Å². The van der Waals surface area contributed by atoms with Crippen LogP contribution in [0.5, 0.6) is 0 Å². The normalized spacial score (nSPS) is 47.5. The van der Waals surface area contributed by atoms with E-state index in [4.69, 9.17) is 0 Å². The standard InChI is InChI=1S/C30H50O/c1-19-13-16-29(7)17-14-20(2)23(27(29)22(19)4)10-11-24-21(3)9-12-25-28(5,6)26(31)15-18-30(24,25)8/h9,19,22,24-27,31H,10-18H2,1-8H3/t19-,22+,24+,25+,26+,27+,29-,30-/m1/s1. The molecule has 2 fully saturated rings. The van der Waals surface area contributed by atoms with Crippen LogP contribution in [-0.2, 0) is 0 Å². The smallest absolute Gasteiger partial charge is 0.0594 e. The highest BCUT2D eigenvalue weighted by Crippen LogP contribution is 2.62. The summed E-state index contributed by atoms with van der Waals surface area (Å²) in [6, 6.07) is 0. The van der Waals surface area contributed by atoms with Crippen LogP contribution in [0.1, 0.15) is 113 Å². The zero-order valence-electron chi connectivity index (χ0n) is 21.9. The van der Waals surface area contributed by atoms with E-state index in [2.05, 4.69) is 61.5 Å². The average molecular weight is 427 g/mol. The van der Waals surface area contributed by atoms with Crippen molar-refractivity contribution >= 4 is 0 Å². The van der Waals surface area contributed by atoms with Crippen LogP contribution < -0.4 is 0 Å². The van der Waals surface area contributed by atoms with Gasteiger partial charge >= 0.3 is 0 Å². The molecule has 0 amide bonds. The number of hydrogen-bond acceptors (Lipinski definition) is 1. The van der Waals surface area contributed by atoms with E-state index >= 15 is 0 Å². The monoisotopic (exact) mass is 426 g/mol. The van der Waals surface area contributed by atoms with Crippen molar-refractivity contribution in [3.05, 3.63) is 22.8 Å². The third-order valence-electron chi connectivity index (χ3n) is 11.6. The second-order valence-electron chi connectivity index (χ2n) is 13.5. The maximum atomic E-state index is 10.8. The quantitative estimate of drug-likeness (QED) is 0.450. The molecule has 0 unspecified atom stereocenters. The molecule has 1 N–H and O–H groups in total. The van der Waals surface area contributed by atoms with Gasteiger partial charge in [-0.25, -0.2) is 0 Å². The summed E-state index contributed by atoms with van der Waals surface area (Å²) in [4.78, 5) is 0. The lowest BCUT2D eigenvalue weighted by atomic mass is 9.47. The molecule has 0 spiro atoms. The van der Waals surface area contributed by atoms with Gasteiger partial charge in [-0.05, 0) is 117 Å². The average Bonchev–Trinajstić information content (AvgIpc) is 2.70. The Labute approximate surface area is 193 Å². The van der Waals surface area contributed by atoms with E-state index < -0.39 is 0 Å². The Bertz CT molecular complexity index is 756. The minimum Gasteiger partial charge on any atom is -0.393 e. The van der Waals surface area contributed by atoms with E-state index in [0.717, 1.165) is 30.6 Å². The zero-order valence-corrected chi connectivity index (χ0v) is 21.9. The Morgan fingerprint density at radius 1 is 1.00 bits per heavy atom. The Balaban J connectivity index is 1.60. The molecule has 4 rings (SSSR count). The maximum absolute atomic E-state index is 10.8. The fraction of sp³-hybridized carbons (Fsp3) is 0.867. The molecule has 0 aromatic heterocycles. The van der Waals surface area contributed by atoms with Gasteiger partial charge in [0.05, 0.1) is 6.10 Å². The van der Waals surface area contributed by atoms with Gasteiger partial charge in [0.2, 0.25) is 0 Å². The van der Waals surface area contributed by atoms with Crippen LogP contribution in [0.2, 0.25) is 0 Å². The number of allylic oxidation sites excluding steroid dienone is 4. The summed E-state index contributed by atoms with van der Waals surface area (Å²) in [6.07, 6.45) is 13.9. The fourth-order valence-corrected chi connectivity index (χ4v) is 9.11. The molecular weight excluding hydrogens is 376 g/mol. The molecule has 2 saturated carbocycles. The van der Waals surface area contributed by atoms with Crippen LogP contribution >= 0.6 is 0 Å². The molecule has 0 heterocycles. The van der Waals surface area contributed by atoms with Gasteiger partial charge in [0, 0.05) is 0 Å². The number of hydrogen-bond donors (Lipinski definition) is 1. The van der Waals surface area contributed by atoms with Gasteiger partial charge in [0.25, 0.3) is 0 Å². The molecule has 4 aliphatic carbocycles. The summed E-state index contributed by atoms with van der Waals surface area (Å²) in [5.74, 6) is 3.74. The molecule has 1 nitrogen and oxygen atoms in total. The van der Waals surface area contributed by atoms with Crippen molar-refractivity contribution in [1.29, 1.82) is 0 Å². The summed E-state index contributed by atoms with van der Waals surface area (Å²) < 4.78 is 0. The first-order valence-electron chi connectivity index (χ1n) is 13.4. The van der Waals surface area contributed by atoms with Crippen molar-refractivity contribution < 1.29 is 5.11 Å². The highest BCUT2D eigenvalue weighted by molar-refractivity contribution is 5.26. The molecule has 0 aromatic carbocycles. The van der Waals surface area contributed by atoms with Crippen LogP contribution in [0, 0.1) is 45.8 Å². The SMILES string of the molecule is CC1=CC[C@H]2C(C)(C)[C@@H](O)CC[C@]2(C)[C@H]1CCC1=C(C)CC[C@@]2(C)CC[C@@H](C)[C@H](C)[C@@H]12. The highest BCUT2D eigenvalue weighted by Gasteiger charge is 2.55. The largest absolute Gasteiger partial charge is 0.393 e. The van der Waals surface area contributed by atoms with Gasteiger partial charge in [0.1, 0.15) is 0 Å². The lowest BCUT2D eigenvalue weighted by molar-refractivity contribution is -0.116. The molecule has 1 heteroatoms. The van der Waals surface area contributed by atoms with E-state index in [1.54, 1.807) is 11.1 Å². The second kappa shape index (κ2) is 8.03. The molecular formula is C30H50O. The Morgan fingerprint density at radius 2 is 1.71 bits per heavy atom. The first kappa shape index (κ1) is 23.6. The Morgan fingerprint density at radius 3 is 2.42 bits per heavy atom. The van der Waals surface area contributed by atoms with Crippen molar-refractivity contribution in [1.82, 2.24) is 0 Å². The zero-order chi connectivity index (χ0) is 22.8. The molecule has 8 atom stereocenters. The maximum Gasteiger partial charge on any atom is 0.0594 e. The summed E-state index contributed by atoms with van der Waals surface area (Å²) in [6.45, 7) is 19.8. The third-order valence-corrected chi connectivity index (χ3v) is 11.6. The van der Waals surface area contributed by atoms with Crippen LogP contribution in [0.25, 0.3) is 0 Å². The first-order chi connectivity index (χ1) is 14.4. The van der Waals surface area contributed by atoms with Crippen LogP contribution in [0.4, 0.5) is 0 Å². The molecule has 176 valence electrons. The van der Waals surface area contributed by atoms with Gasteiger partial charge in [0.15, 0.2) is 0 Å². The number of fused-ring (bicyclic) bond motifs is 2. The molecule has 0 bridgehead atoms. The lowest BCUT2D eigenvalue weighted by Gasteiger charge is -2.58. The number of rotatable bonds is 3. The highest BCUT2D eigenvalue weighted by atomic mass is 16.3. The molecule has 0 saturated heterocycles. The fourth-order valence-electron chi connectivity index (χ4n) is 9.11. The first-order valence-corrected chi connectivity index (χ1v) is 13.4. The third kappa shape index (κ3) is 3.70. The minimum atomic E-state index is -0.147. The Hall–Kier alpha value is -0.560. The summed E-state index contributed by atoms with van der Waals surface area (Å²) in [5, 5.41) is 10.8. The van der Waals surface area contributed by atoms with Gasteiger partial charge in [-0.2, -0.15) is 0 Å². The second-order valence-corrected chi connectivity index (χ2v) is 13.5. The van der Waals surface area contributed by atoms with Crippen molar-refractivity contribution in [2.75, 3.05) is 0 Å². The van der Waals surface area contributed by atoms with Gasteiger partial charge in [-0.15, -0.1) is 0 Å². The lowest BCUT2D eigenvalue weighted by Crippen LogP contribution is -2.54. The number of aliphatic hydroxyl groups is 1. The number of aliphatic hydroxyl groups excluding tert-OH is 1.